The fourth-order valence-corrected chi connectivity index (χ4v) is 8.94. The minimum Gasteiger partial charge on any atom is -0.507 e. The summed E-state index contributed by atoms with van der Waals surface area (Å²) in [5.74, 6) is -0.0402. The van der Waals surface area contributed by atoms with E-state index in [1.165, 1.54) is 0 Å². The average Bonchev–Trinajstić information content (AvgIpc) is 3.16. The summed E-state index contributed by atoms with van der Waals surface area (Å²) in [7, 11) is 24.1. The largest absolute Gasteiger partial charge is 0.507 e. The van der Waals surface area contributed by atoms with E-state index in [0.717, 1.165) is 72.7 Å². The van der Waals surface area contributed by atoms with Crippen LogP contribution in [0, 0.1) is 17.9 Å². The molecule has 5 N–H and O–H groups in total. The number of aliphatic hydroxyl groups is 1. The average molecular weight is 772 g/mol. The lowest BCUT2D eigenvalue weighted by Gasteiger charge is -2.37. The van der Waals surface area contributed by atoms with Gasteiger partial charge < -0.3 is 41.1 Å². The molecule has 0 saturated carbocycles. The molecule has 0 amide bonds. The van der Waals surface area contributed by atoms with Gasteiger partial charge in [-0.3, -0.25) is 0 Å². The molecule has 11 nitrogen and oxygen atoms in total. The number of nitrogens with zero attached hydrogens (tertiary/aromatic N) is 8. The molecule has 5 aromatic carbocycles. The Bertz CT molecular complexity index is 2680. The highest BCUT2D eigenvalue weighted by Crippen LogP contribution is 2.59. The first-order valence-corrected chi connectivity index (χ1v) is 19.0. The van der Waals surface area contributed by atoms with Gasteiger partial charge in [-0.1, -0.05) is 24.3 Å². The van der Waals surface area contributed by atoms with Crippen LogP contribution < -0.4 is 36.0 Å². The smallest absolute Gasteiger partial charge is 0.270 e. The van der Waals surface area contributed by atoms with Crippen molar-refractivity contribution >= 4 is 78.2 Å². The first-order valence-electron chi connectivity index (χ1n) is 19.0. The molecule has 0 radical (unpaired) electrons. The maximum atomic E-state index is 13.0. The molecule has 0 bridgehead atoms. The number of anilines is 7. The van der Waals surface area contributed by atoms with Crippen molar-refractivity contribution in [2.45, 2.75) is 0 Å². The molecule has 0 unspecified atom stereocenters. The van der Waals surface area contributed by atoms with Crippen LogP contribution in [-0.4, -0.2) is 100.0 Å². The van der Waals surface area contributed by atoms with E-state index in [0.29, 0.717) is 44.4 Å². The second-order valence-corrected chi connectivity index (χ2v) is 16.1. The van der Waals surface area contributed by atoms with Crippen molar-refractivity contribution in [2.75, 3.05) is 121 Å². The van der Waals surface area contributed by atoms with E-state index >= 15 is 0 Å². The Morgan fingerprint density at radius 3 is 1.41 bits per heavy atom. The third kappa shape index (κ3) is 5.49. The first-order chi connectivity index (χ1) is 27.5. The van der Waals surface area contributed by atoms with E-state index in [4.69, 9.17) is 18.0 Å². The summed E-state index contributed by atoms with van der Waals surface area (Å²) < 4.78 is 2.14. The number of benzene rings is 5. The molecule has 11 heteroatoms. The summed E-state index contributed by atoms with van der Waals surface area (Å²) in [5, 5.41) is 26.9. The predicted molar refractivity (Wildman–Crippen MR) is 245 cm³/mol. The Morgan fingerprint density at radius 1 is 0.603 bits per heavy atom. The van der Waals surface area contributed by atoms with Gasteiger partial charge in [-0.15, -0.1) is 0 Å². The molecule has 7 rings (SSSR count). The van der Waals surface area contributed by atoms with Gasteiger partial charge in [0, 0.05) is 143 Å². The summed E-state index contributed by atoms with van der Waals surface area (Å²) in [6.45, 7) is 8.41. The number of hydrogen-bond acceptors (Lipinski definition) is 9. The van der Waals surface area contributed by atoms with Gasteiger partial charge in [0.2, 0.25) is 5.71 Å². The predicted octanol–water partition coefficient (Wildman–Crippen LogP) is 7.39. The zero-order valence-corrected chi connectivity index (χ0v) is 35.5. The Kier molecular flexibility index (Phi) is 9.53. The zero-order chi connectivity index (χ0) is 42.2. The zero-order valence-electron chi connectivity index (χ0n) is 35.5. The summed E-state index contributed by atoms with van der Waals surface area (Å²) in [6, 6.07) is 22.3. The van der Waals surface area contributed by atoms with Crippen LogP contribution in [0.1, 0.15) is 27.8 Å². The van der Waals surface area contributed by atoms with E-state index in [-0.39, 0.29) is 11.5 Å². The van der Waals surface area contributed by atoms with Crippen LogP contribution in [0.3, 0.4) is 0 Å². The molecule has 0 fully saturated rings. The van der Waals surface area contributed by atoms with Gasteiger partial charge in [-0.2, -0.15) is 0 Å². The summed E-state index contributed by atoms with van der Waals surface area (Å²) in [4.78, 5) is 14.2. The quantitative estimate of drug-likeness (QED) is 0.0524. The number of allylic oxidation sites excluding steroid dienone is 3. The molecule has 0 heterocycles. The third-order valence-corrected chi connectivity index (χ3v) is 11.3. The van der Waals surface area contributed by atoms with Gasteiger partial charge in [-0.25, -0.2) is 14.7 Å². The molecule has 0 aromatic heterocycles. The Balaban J connectivity index is 1.81. The lowest BCUT2D eigenvalue weighted by atomic mass is 9.68. The molecule has 58 heavy (non-hydrogen) atoms. The Hall–Kier alpha value is -7.11. The number of rotatable bonds is 6. The van der Waals surface area contributed by atoms with E-state index in [2.05, 4.69) is 54.5 Å². The lowest BCUT2D eigenvalue weighted by molar-refractivity contribution is -0.463. The van der Waals surface area contributed by atoms with E-state index in [9.17, 15) is 10.4 Å². The molecule has 2 aliphatic rings. The van der Waals surface area contributed by atoms with Gasteiger partial charge in [0.05, 0.1) is 40.8 Å². The number of nitrogen functional groups attached to an aromatic ring is 2. The molecule has 0 aliphatic heterocycles. The molecule has 2 aliphatic carbocycles. The monoisotopic (exact) mass is 771 g/mol. The number of fused-ring (bicyclic) bond motifs is 4. The van der Waals surface area contributed by atoms with E-state index < -0.39 is 0 Å². The SMILES string of the molecule is [C-]#[N+]C(C#N)=C1C(=C2c3cccc(N(C)C)c3C(=[N+](C)C)c3c2cccc3N(C)C)C(O)=C1c1c2c(N)ccc(N(C)C)c2c(N(C)C)c2c(N(C)C)ccc(N)c12. The van der Waals surface area contributed by atoms with Crippen LogP contribution in [-0.2, 0) is 0 Å². The van der Waals surface area contributed by atoms with Gasteiger partial charge >= 0.3 is 0 Å². The summed E-state index contributed by atoms with van der Waals surface area (Å²) in [5.41, 5.74) is 26.8. The highest BCUT2D eigenvalue weighted by atomic mass is 16.3. The normalized spacial score (nSPS) is 14.1. The van der Waals surface area contributed by atoms with Crippen molar-refractivity contribution in [3.8, 4) is 6.07 Å². The van der Waals surface area contributed by atoms with Crippen molar-refractivity contribution < 1.29 is 9.68 Å². The molecule has 294 valence electrons. The van der Waals surface area contributed by atoms with Crippen LogP contribution >= 0.6 is 0 Å². The minimum absolute atomic E-state index is 0.0402. The van der Waals surface area contributed by atoms with E-state index in [1.807, 2.05) is 131 Å². The highest BCUT2D eigenvalue weighted by Gasteiger charge is 2.44. The molecule has 0 atom stereocenters. The summed E-state index contributed by atoms with van der Waals surface area (Å²) >= 11 is 0. The van der Waals surface area contributed by atoms with Crippen molar-refractivity contribution in [3.63, 3.8) is 0 Å². The Morgan fingerprint density at radius 2 is 1.05 bits per heavy atom. The van der Waals surface area contributed by atoms with Crippen LogP contribution in [0.15, 0.2) is 83.3 Å². The van der Waals surface area contributed by atoms with Gasteiger partial charge in [0.25, 0.3) is 5.70 Å². The topological polar surface area (TPSA) is 120 Å². The van der Waals surface area contributed by atoms with Crippen molar-refractivity contribution in [1.82, 2.24) is 0 Å². The maximum absolute atomic E-state index is 13.0. The van der Waals surface area contributed by atoms with Crippen LogP contribution in [0.4, 0.5) is 39.8 Å². The van der Waals surface area contributed by atoms with Crippen LogP contribution in [0.2, 0.25) is 0 Å². The minimum atomic E-state index is -0.143. The molecular formula is C47H51N10O+. The number of nitriles is 1. The molecular weight excluding hydrogens is 721 g/mol. The van der Waals surface area contributed by atoms with Crippen LogP contribution in [0.25, 0.3) is 37.5 Å². The fourth-order valence-electron chi connectivity index (χ4n) is 8.94. The standard InChI is InChI=1S/C47H50N10O/c1-51-29(24-48)39-43(34-25-16-14-18-30(52(2)3)35(25)45(56(10)11)36-26(34)17-15-19-31(36)53(4)5)47(58)44(39)42-37-27(49)20-22-32(54(6)7)40(37)46(57(12)13)41-33(55(8)9)23-21-28(50)38(41)42/h14-23H,49-50H2,2-13H3/p+1. The van der Waals surface area contributed by atoms with Crippen molar-refractivity contribution in [3.05, 3.63) is 123 Å². The fraction of sp³-hybridized carbons (Fsp3) is 0.255. The van der Waals surface area contributed by atoms with Gasteiger partial charge in [0.15, 0.2) is 0 Å². The van der Waals surface area contributed by atoms with Gasteiger partial charge in [0.1, 0.15) is 19.9 Å². The molecule has 0 spiro atoms. The van der Waals surface area contributed by atoms with Gasteiger partial charge in [-0.05, 0) is 47.5 Å². The maximum Gasteiger partial charge on any atom is 0.270 e. The van der Waals surface area contributed by atoms with Crippen molar-refractivity contribution in [2.24, 2.45) is 0 Å². The second-order valence-electron chi connectivity index (χ2n) is 16.1. The highest BCUT2D eigenvalue weighted by molar-refractivity contribution is 6.32. The molecule has 0 saturated heterocycles. The summed E-state index contributed by atoms with van der Waals surface area (Å²) in [6.07, 6.45) is 0. The first kappa shape index (κ1) is 39.1. The van der Waals surface area contributed by atoms with Crippen molar-refractivity contribution in [1.29, 1.82) is 5.26 Å². The van der Waals surface area contributed by atoms with Crippen LogP contribution in [0.5, 0.6) is 0 Å². The molecule has 5 aromatic rings. The second kappa shape index (κ2) is 14.1. The van der Waals surface area contributed by atoms with E-state index in [1.54, 1.807) is 0 Å². The Labute approximate surface area is 341 Å². The lowest BCUT2D eigenvalue weighted by Crippen LogP contribution is -2.30. The number of nitrogens with two attached hydrogens (primary N) is 2. The number of hydrogen-bond donors (Lipinski definition) is 3. The number of aliphatic hydroxyl groups excluding tert-OH is 1. The third-order valence-electron chi connectivity index (χ3n) is 11.3.